The molecule has 1 fully saturated rings. The van der Waals surface area contributed by atoms with Crippen molar-refractivity contribution in [3.63, 3.8) is 0 Å². The smallest absolute Gasteiger partial charge is 0.308 e. The highest BCUT2D eigenvalue weighted by atomic mass is 16.4. The van der Waals surface area contributed by atoms with E-state index in [2.05, 4.69) is 43.4 Å². The van der Waals surface area contributed by atoms with Crippen LogP contribution in [0.1, 0.15) is 36.8 Å². The molecule has 2 rings (SSSR count). The van der Waals surface area contributed by atoms with Gasteiger partial charge in [0.25, 0.3) is 0 Å². The third kappa shape index (κ3) is 2.50. The van der Waals surface area contributed by atoms with Gasteiger partial charge in [0.2, 0.25) is 0 Å². The lowest BCUT2D eigenvalue weighted by molar-refractivity contribution is -0.141. The van der Waals surface area contributed by atoms with Crippen LogP contribution < -0.4 is 5.32 Å². The van der Waals surface area contributed by atoms with Crippen LogP contribution in [0.25, 0.3) is 0 Å². The molecule has 1 aliphatic heterocycles. The highest BCUT2D eigenvalue weighted by Crippen LogP contribution is 2.29. The molecule has 1 aromatic carbocycles. The molecule has 0 aliphatic carbocycles. The summed E-state index contributed by atoms with van der Waals surface area (Å²) in [5.74, 6) is -0.373. The first-order valence-corrected chi connectivity index (χ1v) is 6.13. The molecule has 2 atom stereocenters. The van der Waals surface area contributed by atoms with Crippen LogP contribution in [0.4, 0.5) is 0 Å². The van der Waals surface area contributed by atoms with Crippen molar-refractivity contribution in [3.05, 3.63) is 35.4 Å². The molecule has 0 bridgehead atoms. The highest BCUT2D eigenvalue weighted by molar-refractivity contribution is 5.72. The molecule has 1 aliphatic rings. The molecule has 0 spiro atoms. The average Bonchev–Trinajstić information content (AvgIpc) is 2.78. The number of carboxylic acid groups (broad SMARTS) is 1. The van der Waals surface area contributed by atoms with E-state index in [0.717, 1.165) is 12.1 Å². The van der Waals surface area contributed by atoms with Gasteiger partial charge in [0, 0.05) is 19.0 Å². The van der Waals surface area contributed by atoms with E-state index in [0.29, 0.717) is 12.5 Å². The zero-order chi connectivity index (χ0) is 12.4. The van der Waals surface area contributed by atoms with Gasteiger partial charge in [0.15, 0.2) is 0 Å². The number of hydrogen-bond acceptors (Lipinski definition) is 2. The fourth-order valence-electron chi connectivity index (χ4n) is 2.42. The Balaban J connectivity index is 2.19. The fraction of sp³-hybridized carbons (Fsp3) is 0.500. The monoisotopic (exact) mass is 233 g/mol. The predicted molar refractivity (Wildman–Crippen MR) is 67.3 cm³/mol. The molecule has 1 aromatic rings. The predicted octanol–water partition coefficient (Wildman–Crippen LogP) is 2.20. The highest BCUT2D eigenvalue weighted by Gasteiger charge is 2.33. The first-order valence-electron chi connectivity index (χ1n) is 6.13. The maximum absolute atomic E-state index is 11.1. The molecule has 0 saturated carbocycles. The second-order valence-electron chi connectivity index (χ2n) is 5.03. The molecule has 2 N–H and O–H groups in total. The van der Waals surface area contributed by atoms with Crippen LogP contribution in [0.3, 0.4) is 0 Å². The minimum Gasteiger partial charge on any atom is -0.481 e. The van der Waals surface area contributed by atoms with E-state index in [1.807, 2.05) is 0 Å². The second kappa shape index (κ2) is 4.88. The Kier molecular flexibility index (Phi) is 3.48. The Morgan fingerprint density at radius 1 is 1.29 bits per heavy atom. The fourth-order valence-corrected chi connectivity index (χ4v) is 2.42. The molecule has 3 heteroatoms. The largest absolute Gasteiger partial charge is 0.481 e. The summed E-state index contributed by atoms with van der Waals surface area (Å²) in [7, 11) is 0. The molecule has 1 saturated heterocycles. The molecule has 0 radical (unpaired) electrons. The minimum atomic E-state index is -0.701. The second-order valence-corrected chi connectivity index (χ2v) is 5.03. The lowest BCUT2D eigenvalue weighted by Crippen LogP contribution is -2.20. The van der Waals surface area contributed by atoms with Gasteiger partial charge in [0.1, 0.15) is 0 Å². The third-order valence-electron chi connectivity index (χ3n) is 3.56. The quantitative estimate of drug-likeness (QED) is 0.841. The lowest BCUT2D eigenvalue weighted by Gasteiger charge is -2.16. The Hall–Kier alpha value is -1.35. The summed E-state index contributed by atoms with van der Waals surface area (Å²) in [5.41, 5.74) is 2.43. The van der Waals surface area contributed by atoms with Crippen LogP contribution in [-0.4, -0.2) is 24.2 Å². The number of rotatable bonds is 3. The van der Waals surface area contributed by atoms with Gasteiger partial charge in [0.05, 0.1) is 5.92 Å². The van der Waals surface area contributed by atoms with Crippen LogP contribution in [-0.2, 0) is 4.79 Å². The first-order chi connectivity index (χ1) is 8.09. The Morgan fingerprint density at radius 2 is 1.94 bits per heavy atom. The van der Waals surface area contributed by atoms with Crippen molar-refractivity contribution >= 4 is 5.97 Å². The molecule has 1 heterocycles. The molecule has 17 heavy (non-hydrogen) atoms. The molecule has 92 valence electrons. The van der Waals surface area contributed by atoms with Crippen molar-refractivity contribution in [2.24, 2.45) is 5.92 Å². The summed E-state index contributed by atoms with van der Waals surface area (Å²) in [6, 6.07) is 8.36. The third-order valence-corrected chi connectivity index (χ3v) is 3.56. The van der Waals surface area contributed by atoms with E-state index < -0.39 is 5.97 Å². The van der Waals surface area contributed by atoms with E-state index in [4.69, 9.17) is 5.11 Å². The van der Waals surface area contributed by atoms with Gasteiger partial charge in [-0.15, -0.1) is 0 Å². The van der Waals surface area contributed by atoms with Gasteiger partial charge >= 0.3 is 5.97 Å². The summed E-state index contributed by atoms with van der Waals surface area (Å²) in [5, 5.41) is 12.3. The zero-order valence-corrected chi connectivity index (χ0v) is 10.3. The number of hydrogen-bond donors (Lipinski definition) is 2. The Bertz CT molecular complexity index is 397. The van der Waals surface area contributed by atoms with Gasteiger partial charge in [-0.2, -0.15) is 0 Å². The van der Waals surface area contributed by atoms with E-state index in [9.17, 15) is 4.79 Å². The standard InChI is InChI=1S/C14H19NO2/c1-9(2)10-3-5-11(6-4-10)12-7-15-8-13(12)14(16)17/h3-6,9,12-13,15H,7-8H2,1-2H3,(H,16,17)/t12-,13-/m0/s1. The van der Waals surface area contributed by atoms with Gasteiger partial charge in [-0.3, -0.25) is 4.79 Å². The van der Waals surface area contributed by atoms with E-state index >= 15 is 0 Å². The van der Waals surface area contributed by atoms with Crippen molar-refractivity contribution in [1.82, 2.24) is 5.32 Å². The minimum absolute atomic E-state index is 0.105. The van der Waals surface area contributed by atoms with Crippen molar-refractivity contribution < 1.29 is 9.90 Å². The summed E-state index contributed by atoms with van der Waals surface area (Å²) < 4.78 is 0. The van der Waals surface area contributed by atoms with Crippen LogP contribution in [0, 0.1) is 5.92 Å². The van der Waals surface area contributed by atoms with Crippen molar-refractivity contribution in [3.8, 4) is 0 Å². The Labute approximate surface area is 102 Å². The SMILES string of the molecule is CC(C)c1ccc([C@@H]2CNC[C@@H]2C(=O)O)cc1. The van der Waals surface area contributed by atoms with Crippen LogP contribution in [0.2, 0.25) is 0 Å². The maximum Gasteiger partial charge on any atom is 0.308 e. The molecular weight excluding hydrogens is 214 g/mol. The number of carbonyl (C=O) groups is 1. The number of aliphatic carboxylic acids is 1. The molecule has 0 unspecified atom stereocenters. The van der Waals surface area contributed by atoms with Gasteiger partial charge < -0.3 is 10.4 Å². The topological polar surface area (TPSA) is 49.3 Å². The summed E-state index contributed by atoms with van der Waals surface area (Å²) in [4.78, 5) is 11.1. The molecular formula is C14H19NO2. The molecule has 0 aromatic heterocycles. The first kappa shape index (κ1) is 12.1. The van der Waals surface area contributed by atoms with E-state index in [1.54, 1.807) is 0 Å². The van der Waals surface area contributed by atoms with Crippen molar-refractivity contribution in [2.45, 2.75) is 25.7 Å². The van der Waals surface area contributed by atoms with Gasteiger partial charge in [-0.25, -0.2) is 0 Å². The normalized spacial score (nSPS) is 24.2. The summed E-state index contributed by atoms with van der Waals surface area (Å²) >= 11 is 0. The van der Waals surface area contributed by atoms with Gasteiger partial charge in [-0.05, 0) is 17.0 Å². The summed E-state index contributed by atoms with van der Waals surface area (Å²) in [6.07, 6.45) is 0. The zero-order valence-electron chi connectivity index (χ0n) is 10.3. The lowest BCUT2D eigenvalue weighted by atomic mass is 9.88. The van der Waals surface area contributed by atoms with Crippen molar-refractivity contribution in [1.29, 1.82) is 0 Å². The number of nitrogens with one attached hydrogen (secondary N) is 1. The molecule has 3 nitrogen and oxygen atoms in total. The molecule has 0 amide bonds. The number of carboxylic acids is 1. The maximum atomic E-state index is 11.1. The summed E-state index contributed by atoms with van der Waals surface area (Å²) in [6.45, 7) is 5.66. The number of benzene rings is 1. The average molecular weight is 233 g/mol. The van der Waals surface area contributed by atoms with E-state index in [1.165, 1.54) is 5.56 Å². The Morgan fingerprint density at radius 3 is 2.47 bits per heavy atom. The van der Waals surface area contributed by atoms with Crippen LogP contribution >= 0.6 is 0 Å². The van der Waals surface area contributed by atoms with Crippen LogP contribution in [0.5, 0.6) is 0 Å². The van der Waals surface area contributed by atoms with E-state index in [-0.39, 0.29) is 11.8 Å². The van der Waals surface area contributed by atoms with Crippen LogP contribution in [0.15, 0.2) is 24.3 Å². The van der Waals surface area contributed by atoms with Gasteiger partial charge in [-0.1, -0.05) is 38.1 Å². The van der Waals surface area contributed by atoms with Crippen molar-refractivity contribution in [2.75, 3.05) is 13.1 Å².